The molecule has 3 rings (SSSR count). The van der Waals surface area contributed by atoms with E-state index < -0.39 is 0 Å². The van der Waals surface area contributed by atoms with Gasteiger partial charge in [0, 0.05) is 44.7 Å². The number of nitrogens with zero attached hydrogens (tertiary/aromatic N) is 2. The summed E-state index contributed by atoms with van der Waals surface area (Å²) in [4.78, 5) is 16.5. The standard InChI is InChI=1S/C18H27N3O2/c1-2-18(16-6-4-3-5-7-16)14-21(15-18)17(22)19-8-9-20-10-12-23-13-11-20/h3-7H,2,8-15H2,1H3,(H,19,22). The summed E-state index contributed by atoms with van der Waals surface area (Å²) in [5.41, 5.74) is 1.49. The summed E-state index contributed by atoms with van der Waals surface area (Å²) in [6.45, 7) is 8.99. The van der Waals surface area contributed by atoms with Gasteiger partial charge in [-0.1, -0.05) is 37.3 Å². The summed E-state index contributed by atoms with van der Waals surface area (Å²) >= 11 is 0. The maximum Gasteiger partial charge on any atom is 0.317 e. The molecule has 1 N–H and O–H groups in total. The van der Waals surface area contributed by atoms with E-state index in [0.29, 0.717) is 6.54 Å². The first kappa shape index (κ1) is 16.3. The third kappa shape index (κ3) is 3.67. The highest BCUT2D eigenvalue weighted by atomic mass is 16.5. The normalized spacial score (nSPS) is 20.8. The summed E-state index contributed by atoms with van der Waals surface area (Å²) in [7, 11) is 0. The number of hydrogen-bond donors (Lipinski definition) is 1. The largest absolute Gasteiger partial charge is 0.379 e. The van der Waals surface area contributed by atoms with E-state index in [4.69, 9.17) is 4.74 Å². The van der Waals surface area contributed by atoms with Crippen LogP contribution in [-0.2, 0) is 10.2 Å². The van der Waals surface area contributed by atoms with Crippen molar-refractivity contribution in [3.05, 3.63) is 35.9 Å². The number of likely N-dealkylation sites (tertiary alicyclic amines) is 1. The first-order chi connectivity index (χ1) is 11.2. The fraction of sp³-hybridized carbons (Fsp3) is 0.611. The number of morpholine rings is 1. The quantitative estimate of drug-likeness (QED) is 0.899. The lowest BCUT2D eigenvalue weighted by atomic mass is 9.72. The number of rotatable bonds is 5. The van der Waals surface area contributed by atoms with Gasteiger partial charge in [-0.15, -0.1) is 0 Å². The van der Waals surface area contributed by atoms with Crippen LogP contribution < -0.4 is 5.32 Å². The van der Waals surface area contributed by atoms with Crippen molar-refractivity contribution in [3.8, 4) is 0 Å². The Balaban J connectivity index is 1.43. The number of ether oxygens (including phenoxy) is 1. The molecule has 126 valence electrons. The zero-order valence-electron chi connectivity index (χ0n) is 14.0. The fourth-order valence-corrected chi connectivity index (χ4v) is 3.49. The van der Waals surface area contributed by atoms with Gasteiger partial charge in [-0.3, -0.25) is 4.90 Å². The maximum atomic E-state index is 12.3. The predicted molar refractivity (Wildman–Crippen MR) is 90.6 cm³/mol. The van der Waals surface area contributed by atoms with Crippen LogP contribution in [-0.4, -0.2) is 68.3 Å². The molecule has 2 fully saturated rings. The van der Waals surface area contributed by atoms with Gasteiger partial charge in [0.2, 0.25) is 0 Å². The summed E-state index contributed by atoms with van der Waals surface area (Å²) in [5.74, 6) is 0. The van der Waals surface area contributed by atoms with Crippen molar-refractivity contribution in [2.75, 3.05) is 52.5 Å². The van der Waals surface area contributed by atoms with E-state index in [1.807, 2.05) is 11.0 Å². The summed E-state index contributed by atoms with van der Waals surface area (Å²) in [5, 5.41) is 3.05. The van der Waals surface area contributed by atoms with Gasteiger partial charge in [0.1, 0.15) is 0 Å². The maximum absolute atomic E-state index is 12.3. The Morgan fingerprint density at radius 3 is 2.57 bits per heavy atom. The van der Waals surface area contributed by atoms with Crippen molar-refractivity contribution in [3.63, 3.8) is 0 Å². The first-order valence-corrected chi connectivity index (χ1v) is 8.62. The van der Waals surface area contributed by atoms with Crippen LogP contribution in [0.2, 0.25) is 0 Å². The Morgan fingerprint density at radius 2 is 1.91 bits per heavy atom. The molecule has 2 saturated heterocycles. The van der Waals surface area contributed by atoms with Crippen LogP contribution in [0.4, 0.5) is 4.79 Å². The number of carbonyl (C=O) groups is 1. The molecule has 0 unspecified atom stereocenters. The third-order valence-electron chi connectivity index (χ3n) is 5.15. The summed E-state index contributed by atoms with van der Waals surface area (Å²) in [6, 6.07) is 10.6. The molecule has 0 radical (unpaired) electrons. The average Bonchev–Trinajstić information content (AvgIpc) is 2.56. The molecule has 5 nitrogen and oxygen atoms in total. The van der Waals surface area contributed by atoms with Crippen molar-refractivity contribution in [2.45, 2.75) is 18.8 Å². The minimum Gasteiger partial charge on any atom is -0.379 e. The Kier molecular flexibility index (Phi) is 5.18. The Hall–Kier alpha value is -1.59. The van der Waals surface area contributed by atoms with Crippen molar-refractivity contribution in [1.82, 2.24) is 15.1 Å². The van der Waals surface area contributed by atoms with Crippen LogP contribution in [0.1, 0.15) is 18.9 Å². The highest BCUT2D eigenvalue weighted by Gasteiger charge is 2.44. The molecular weight excluding hydrogens is 290 g/mol. The molecule has 2 amide bonds. The molecular formula is C18H27N3O2. The molecule has 0 aliphatic carbocycles. The van der Waals surface area contributed by atoms with Crippen LogP contribution >= 0.6 is 0 Å². The van der Waals surface area contributed by atoms with Gasteiger partial charge in [-0.2, -0.15) is 0 Å². The molecule has 2 heterocycles. The Morgan fingerprint density at radius 1 is 1.22 bits per heavy atom. The first-order valence-electron chi connectivity index (χ1n) is 8.62. The number of nitrogens with one attached hydrogen (secondary N) is 1. The molecule has 1 aromatic carbocycles. The van der Waals surface area contributed by atoms with E-state index >= 15 is 0 Å². The second kappa shape index (κ2) is 7.32. The SMILES string of the molecule is CCC1(c2ccccc2)CN(C(=O)NCCN2CCOCC2)C1. The fourth-order valence-electron chi connectivity index (χ4n) is 3.49. The zero-order valence-corrected chi connectivity index (χ0v) is 14.0. The minimum absolute atomic E-state index is 0.0678. The lowest BCUT2D eigenvalue weighted by Crippen LogP contribution is -2.63. The van der Waals surface area contributed by atoms with Gasteiger partial charge in [-0.25, -0.2) is 4.79 Å². The molecule has 23 heavy (non-hydrogen) atoms. The van der Waals surface area contributed by atoms with Crippen molar-refractivity contribution < 1.29 is 9.53 Å². The van der Waals surface area contributed by atoms with E-state index in [-0.39, 0.29) is 11.4 Å². The highest BCUT2D eigenvalue weighted by Crippen LogP contribution is 2.37. The molecule has 1 aromatic rings. The number of hydrogen-bond acceptors (Lipinski definition) is 3. The second-order valence-corrected chi connectivity index (χ2v) is 6.54. The van der Waals surface area contributed by atoms with Gasteiger partial charge < -0.3 is 15.0 Å². The molecule has 0 bridgehead atoms. The second-order valence-electron chi connectivity index (χ2n) is 6.54. The van der Waals surface area contributed by atoms with Gasteiger partial charge >= 0.3 is 6.03 Å². The molecule has 0 spiro atoms. The third-order valence-corrected chi connectivity index (χ3v) is 5.15. The van der Waals surface area contributed by atoms with Gasteiger partial charge in [0.15, 0.2) is 0 Å². The Labute approximate surface area is 138 Å². The number of benzene rings is 1. The van der Waals surface area contributed by atoms with E-state index in [9.17, 15) is 4.79 Å². The van der Waals surface area contributed by atoms with Crippen LogP contribution in [0.5, 0.6) is 0 Å². The predicted octanol–water partition coefficient (Wildman–Crippen LogP) is 1.69. The zero-order chi connectivity index (χ0) is 16.1. The van der Waals surface area contributed by atoms with E-state index in [1.165, 1.54) is 5.56 Å². The molecule has 2 aliphatic heterocycles. The van der Waals surface area contributed by atoms with Crippen molar-refractivity contribution in [1.29, 1.82) is 0 Å². The molecule has 5 heteroatoms. The van der Waals surface area contributed by atoms with Crippen LogP contribution in [0.15, 0.2) is 30.3 Å². The van der Waals surface area contributed by atoms with E-state index in [2.05, 4.69) is 41.4 Å². The number of carbonyl (C=O) groups excluding carboxylic acids is 1. The van der Waals surface area contributed by atoms with E-state index in [0.717, 1.165) is 52.4 Å². The smallest absolute Gasteiger partial charge is 0.317 e. The van der Waals surface area contributed by atoms with Gasteiger partial charge in [0.05, 0.1) is 13.2 Å². The van der Waals surface area contributed by atoms with Crippen molar-refractivity contribution >= 4 is 6.03 Å². The highest BCUT2D eigenvalue weighted by molar-refractivity contribution is 5.75. The van der Waals surface area contributed by atoms with Gasteiger partial charge in [-0.05, 0) is 12.0 Å². The lowest BCUT2D eigenvalue weighted by molar-refractivity contribution is 0.0380. The molecule has 0 atom stereocenters. The molecule has 0 aromatic heterocycles. The summed E-state index contributed by atoms with van der Waals surface area (Å²) in [6.07, 6.45) is 1.06. The van der Waals surface area contributed by atoms with Gasteiger partial charge in [0.25, 0.3) is 0 Å². The Bertz CT molecular complexity index is 508. The molecule has 2 aliphatic rings. The van der Waals surface area contributed by atoms with Crippen molar-refractivity contribution in [2.24, 2.45) is 0 Å². The lowest BCUT2D eigenvalue weighted by Gasteiger charge is -2.50. The number of amides is 2. The van der Waals surface area contributed by atoms with E-state index in [1.54, 1.807) is 0 Å². The summed E-state index contributed by atoms with van der Waals surface area (Å²) < 4.78 is 5.33. The van der Waals surface area contributed by atoms with Crippen LogP contribution in [0.25, 0.3) is 0 Å². The van der Waals surface area contributed by atoms with Crippen LogP contribution in [0.3, 0.4) is 0 Å². The minimum atomic E-state index is 0.0678. The topological polar surface area (TPSA) is 44.8 Å². The average molecular weight is 317 g/mol. The number of urea groups is 1. The van der Waals surface area contributed by atoms with Crippen LogP contribution in [0, 0.1) is 0 Å². The molecule has 0 saturated carbocycles. The monoisotopic (exact) mass is 317 g/mol.